The molecule has 1 saturated heterocycles. The van der Waals surface area contributed by atoms with Gasteiger partial charge in [-0.2, -0.15) is 0 Å². The van der Waals surface area contributed by atoms with E-state index in [0.29, 0.717) is 29.2 Å². The van der Waals surface area contributed by atoms with Gasteiger partial charge in [-0.25, -0.2) is 0 Å². The molecular weight excluding hydrogens is 673 g/mol. The van der Waals surface area contributed by atoms with Crippen LogP contribution in [0.3, 0.4) is 0 Å². The molecule has 1 fully saturated rings. The highest BCUT2D eigenvalue weighted by Gasteiger charge is 2.66. The zero-order chi connectivity index (χ0) is 36.6. The highest BCUT2D eigenvalue weighted by Crippen LogP contribution is 2.61. The Morgan fingerprint density at radius 1 is 0.981 bits per heavy atom. The molecular formula is C41H44N4O6Si. The summed E-state index contributed by atoms with van der Waals surface area (Å²) in [6, 6.07) is 32.1. The van der Waals surface area contributed by atoms with Gasteiger partial charge in [0.1, 0.15) is 0 Å². The highest BCUT2D eigenvalue weighted by molar-refractivity contribution is 6.71. The number of anilines is 3. The summed E-state index contributed by atoms with van der Waals surface area (Å²) in [5.41, 5.74) is 3.09. The number of aromatic amines is 1. The van der Waals surface area contributed by atoms with E-state index >= 15 is 0 Å². The average molecular weight is 717 g/mol. The molecule has 0 unspecified atom stereocenters. The van der Waals surface area contributed by atoms with Crippen LogP contribution in [-0.2, 0) is 37.7 Å². The fourth-order valence-electron chi connectivity index (χ4n) is 8.29. The van der Waals surface area contributed by atoms with Crippen LogP contribution in [-0.4, -0.2) is 65.1 Å². The van der Waals surface area contributed by atoms with E-state index in [1.54, 1.807) is 21.9 Å². The minimum atomic E-state index is -3.08. The lowest BCUT2D eigenvalue weighted by atomic mass is 9.82. The number of rotatable bonds is 11. The Morgan fingerprint density at radius 2 is 1.67 bits per heavy atom. The molecule has 0 aliphatic carbocycles. The summed E-state index contributed by atoms with van der Waals surface area (Å²) >= 11 is 0. The second kappa shape index (κ2) is 14.2. The molecule has 3 amide bonds. The number of aromatic nitrogens is 1. The molecule has 1 spiro atoms. The van der Waals surface area contributed by atoms with E-state index in [2.05, 4.69) is 10.3 Å². The molecule has 3 heterocycles. The van der Waals surface area contributed by atoms with Crippen molar-refractivity contribution < 1.29 is 29.0 Å². The van der Waals surface area contributed by atoms with Gasteiger partial charge in [-0.3, -0.25) is 19.3 Å². The maximum atomic E-state index is 15.0. The first-order chi connectivity index (χ1) is 25.0. The van der Waals surface area contributed by atoms with Crippen LogP contribution >= 0.6 is 0 Å². The molecule has 0 bridgehead atoms. The van der Waals surface area contributed by atoms with Gasteiger partial charge in [0.2, 0.25) is 11.8 Å². The SMILES string of the molecule is C[C@H]1[C@H]([Si](C)(C)O)[C@@H](CC(=O)N(CCO)Cc2ccccc2)O[C@]12C(=O)N(c1ccccc1)c1ccc(NC(=O)Cc3c[nH]c4ccccc34)cc12. The smallest absolute Gasteiger partial charge is 0.268 e. The number of benzene rings is 4. The second-order valence-corrected chi connectivity index (χ2v) is 18.4. The number of aliphatic hydroxyl groups excluding tert-OH is 1. The van der Waals surface area contributed by atoms with Crippen molar-refractivity contribution in [2.24, 2.45) is 5.92 Å². The van der Waals surface area contributed by atoms with Gasteiger partial charge in [0.15, 0.2) is 13.9 Å². The summed E-state index contributed by atoms with van der Waals surface area (Å²) in [6.07, 6.45) is 1.14. The van der Waals surface area contributed by atoms with Gasteiger partial charge in [0, 0.05) is 58.6 Å². The van der Waals surface area contributed by atoms with Gasteiger partial charge >= 0.3 is 0 Å². The van der Waals surface area contributed by atoms with Gasteiger partial charge < -0.3 is 29.8 Å². The predicted molar refractivity (Wildman–Crippen MR) is 203 cm³/mol. The van der Waals surface area contributed by atoms with E-state index in [4.69, 9.17) is 4.74 Å². The molecule has 4 atom stereocenters. The van der Waals surface area contributed by atoms with Crippen molar-refractivity contribution in [3.63, 3.8) is 0 Å². The minimum absolute atomic E-state index is 0.0738. The fourth-order valence-corrected chi connectivity index (χ4v) is 10.8. The number of ether oxygens (including phenoxy) is 1. The second-order valence-electron chi connectivity index (χ2n) is 14.4. The van der Waals surface area contributed by atoms with Gasteiger partial charge in [-0.1, -0.05) is 73.7 Å². The van der Waals surface area contributed by atoms with Crippen LogP contribution in [0.2, 0.25) is 18.6 Å². The van der Waals surface area contributed by atoms with Gasteiger partial charge in [0.25, 0.3) is 5.91 Å². The highest BCUT2D eigenvalue weighted by atomic mass is 28.4. The lowest BCUT2D eigenvalue weighted by Gasteiger charge is -2.32. The van der Waals surface area contributed by atoms with Crippen LogP contribution in [0.25, 0.3) is 10.9 Å². The van der Waals surface area contributed by atoms with Gasteiger partial charge in [-0.05, 0) is 60.6 Å². The Kier molecular flexibility index (Phi) is 9.62. The van der Waals surface area contributed by atoms with Crippen molar-refractivity contribution in [2.45, 2.75) is 56.7 Å². The van der Waals surface area contributed by atoms with Crippen molar-refractivity contribution >= 4 is 54.0 Å². The number of nitrogens with one attached hydrogen (secondary N) is 2. The standard InChI is InChI=1S/C41H44N4O6Si/c1-27-39(52(2,3)50)36(24-38(48)44(20-21-46)26-28-12-6-4-7-13-28)51-41(27)33-23-30(18-19-35(33)45(40(41)49)31-14-8-5-9-15-31)43-37(47)22-29-25-42-34-17-11-10-16-32(29)34/h4-19,23,25,27,36,39,42,46,50H,20-22,24,26H2,1-3H3,(H,43,47)/t27-,36+,39-,41+/m0/s1. The number of para-hydroxylation sites is 2. The molecule has 4 N–H and O–H groups in total. The first-order valence-corrected chi connectivity index (χ1v) is 20.8. The van der Waals surface area contributed by atoms with E-state index in [9.17, 15) is 24.3 Å². The lowest BCUT2D eigenvalue weighted by Crippen LogP contribution is -2.45. The first-order valence-electron chi connectivity index (χ1n) is 17.7. The van der Waals surface area contributed by atoms with Crippen LogP contribution in [0, 0.1) is 5.92 Å². The molecule has 11 heteroatoms. The van der Waals surface area contributed by atoms with E-state index in [1.807, 2.05) is 117 Å². The molecule has 0 radical (unpaired) electrons. The quantitative estimate of drug-likeness (QED) is 0.120. The zero-order valence-corrected chi connectivity index (χ0v) is 30.6. The first kappa shape index (κ1) is 35.3. The fraction of sp³-hybridized carbons (Fsp3) is 0.293. The van der Waals surface area contributed by atoms with E-state index in [-0.39, 0.29) is 43.7 Å². The molecule has 2 aliphatic rings. The maximum Gasteiger partial charge on any atom is 0.268 e. The van der Waals surface area contributed by atoms with Crippen molar-refractivity contribution in [1.29, 1.82) is 0 Å². The molecule has 7 rings (SSSR count). The summed E-state index contributed by atoms with van der Waals surface area (Å²) in [5.74, 6) is -1.28. The number of amides is 3. The molecule has 4 aromatic carbocycles. The largest absolute Gasteiger partial charge is 0.432 e. The zero-order valence-electron chi connectivity index (χ0n) is 29.6. The molecule has 52 heavy (non-hydrogen) atoms. The Hall–Kier alpha value is -5.07. The number of fused-ring (bicyclic) bond motifs is 3. The Morgan fingerprint density at radius 3 is 2.38 bits per heavy atom. The maximum absolute atomic E-state index is 15.0. The molecule has 268 valence electrons. The normalized spacial score (nSPS) is 21.1. The van der Waals surface area contributed by atoms with Crippen LogP contribution in [0.5, 0.6) is 0 Å². The van der Waals surface area contributed by atoms with Crippen molar-refractivity contribution in [2.75, 3.05) is 23.4 Å². The van der Waals surface area contributed by atoms with E-state index in [1.165, 1.54) is 0 Å². The summed E-state index contributed by atoms with van der Waals surface area (Å²) < 4.78 is 6.95. The number of aliphatic hydroxyl groups is 1. The third-order valence-corrected chi connectivity index (χ3v) is 13.0. The number of H-pyrrole nitrogens is 1. The summed E-state index contributed by atoms with van der Waals surface area (Å²) in [4.78, 5) is 60.6. The Labute approximate surface area is 304 Å². The van der Waals surface area contributed by atoms with Crippen LogP contribution in [0.1, 0.15) is 30.0 Å². The van der Waals surface area contributed by atoms with Crippen molar-refractivity contribution in [1.82, 2.24) is 9.88 Å². The number of carbonyl (C=O) groups is 3. The monoisotopic (exact) mass is 716 g/mol. The Bertz CT molecular complexity index is 2100. The van der Waals surface area contributed by atoms with Crippen LogP contribution < -0.4 is 10.2 Å². The molecule has 0 saturated carbocycles. The molecule has 5 aromatic rings. The molecule has 2 aliphatic heterocycles. The topological polar surface area (TPSA) is 135 Å². The summed E-state index contributed by atoms with van der Waals surface area (Å²) in [7, 11) is -3.08. The third kappa shape index (κ3) is 6.45. The number of carbonyl (C=O) groups excluding carboxylic acids is 3. The third-order valence-electron chi connectivity index (χ3n) is 10.5. The summed E-state index contributed by atoms with van der Waals surface area (Å²) in [5, 5.41) is 13.9. The van der Waals surface area contributed by atoms with Gasteiger partial charge in [0.05, 0.1) is 31.2 Å². The molecule has 10 nitrogen and oxygen atoms in total. The lowest BCUT2D eigenvalue weighted by molar-refractivity contribution is -0.149. The van der Waals surface area contributed by atoms with Crippen LogP contribution in [0.15, 0.2) is 109 Å². The number of hydrogen-bond donors (Lipinski definition) is 4. The van der Waals surface area contributed by atoms with E-state index in [0.717, 1.165) is 22.0 Å². The predicted octanol–water partition coefficient (Wildman–Crippen LogP) is 6.24. The average Bonchev–Trinajstić information content (AvgIpc) is 3.75. The van der Waals surface area contributed by atoms with Gasteiger partial charge in [-0.15, -0.1) is 0 Å². The minimum Gasteiger partial charge on any atom is -0.432 e. The summed E-state index contributed by atoms with van der Waals surface area (Å²) in [6.45, 7) is 5.80. The molecule has 1 aromatic heterocycles. The Balaban J connectivity index is 1.24. The van der Waals surface area contributed by atoms with Crippen molar-refractivity contribution in [3.8, 4) is 0 Å². The number of hydrogen-bond acceptors (Lipinski definition) is 6. The van der Waals surface area contributed by atoms with E-state index < -0.39 is 31.5 Å². The van der Waals surface area contributed by atoms with Crippen molar-refractivity contribution in [3.05, 3.63) is 126 Å². The number of nitrogens with zero attached hydrogens (tertiary/aromatic N) is 2. The van der Waals surface area contributed by atoms with Crippen LogP contribution in [0.4, 0.5) is 17.1 Å².